The fourth-order valence-electron chi connectivity index (χ4n) is 4.31. The second-order valence-corrected chi connectivity index (χ2v) is 9.02. The lowest BCUT2D eigenvalue weighted by molar-refractivity contribution is -0.132. The van der Waals surface area contributed by atoms with Gasteiger partial charge in [0, 0.05) is 60.3 Å². The summed E-state index contributed by atoms with van der Waals surface area (Å²) >= 11 is 0. The lowest BCUT2D eigenvalue weighted by Crippen LogP contribution is -2.26. The molecule has 0 bridgehead atoms. The Balaban J connectivity index is 1.47. The smallest absolute Gasteiger partial charge is 0.337 e. The van der Waals surface area contributed by atoms with Crippen molar-refractivity contribution in [3.63, 3.8) is 0 Å². The van der Waals surface area contributed by atoms with Crippen molar-refractivity contribution in [3.05, 3.63) is 77.1 Å². The van der Waals surface area contributed by atoms with Gasteiger partial charge in [0.15, 0.2) is 5.78 Å². The number of anilines is 2. The van der Waals surface area contributed by atoms with E-state index in [1.807, 2.05) is 37.4 Å². The van der Waals surface area contributed by atoms with Crippen LogP contribution in [0.25, 0.3) is 0 Å². The number of hydrogen-bond donors (Lipinski definition) is 2. The van der Waals surface area contributed by atoms with Gasteiger partial charge in [0.05, 0.1) is 12.2 Å². The molecule has 4 rings (SSSR count). The first-order valence-electron chi connectivity index (χ1n) is 11.8. The molecule has 7 heteroatoms. The number of aliphatic imine (C=N–C) groups is 1. The number of ether oxygens (including phenoxy) is 1. The molecule has 2 aromatic rings. The molecule has 7 nitrogen and oxygen atoms in total. The number of hydrogen-bond acceptors (Lipinski definition) is 6. The first-order valence-corrected chi connectivity index (χ1v) is 11.8. The average molecular weight is 474 g/mol. The van der Waals surface area contributed by atoms with Crippen molar-refractivity contribution >= 4 is 29.8 Å². The summed E-state index contributed by atoms with van der Waals surface area (Å²) in [6, 6.07) is 14.0. The van der Waals surface area contributed by atoms with Gasteiger partial charge in [-0.25, -0.2) is 4.79 Å². The van der Waals surface area contributed by atoms with Gasteiger partial charge in [-0.3, -0.25) is 9.79 Å². The van der Waals surface area contributed by atoms with Crippen LogP contribution in [0, 0.1) is 5.92 Å². The summed E-state index contributed by atoms with van der Waals surface area (Å²) in [5, 5.41) is 12.7. The van der Waals surface area contributed by atoms with E-state index >= 15 is 0 Å². The summed E-state index contributed by atoms with van der Waals surface area (Å²) in [5.74, 6) is 0.477. The van der Waals surface area contributed by atoms with Crippen LogP contribution in [0.3, 0.4) is 0 Å². The molecule has 2 N–H and O–H groups in total. The number of carboxylic acids is 1. The predicted octanol–water partition coefficient (Wildman–Crippen LogP) is 5.08. The number of rotatable bonds is 10. The van der Waals surface area contributed by atoms with Crippen molar-refractivity contribution in [2.75, 3.05) is 25.1 Å². The molecule has 0 unspecified atom stereocenters. The van der Waals surface area contributed by atoms with Gasteiger partial charge in [0.25, 0.3) is 0 Å². The van der Waals surface area contributed by atoms with Crippen molar-refractivity contribution in [3.8, 4) is 5.75 Å². The maximum Gasteiger partial charge on any atom is 0.337 e. The normalized spacial score (nSPS) is 17.7. The highest BCUT2D eigenvalue weighted by Crippen LogP contribution is 2.38. The van der Waals surface area contributed by atoms with Gasteiger partial charge in [-0.05, 0) is 74.9 Å². The van der Waals surface area contributed by atoms with E-state index in [9.17, 15) is 14.7 Å². The lowest BCUT2D eigenvalue weighted by Gasteiger charge is -2.29. The number of Topliss-reactive ketones (excluding diaryl/α,β-unsaturated/α-hetero) is 1. The third kappa shape index (κ3) is 5.62. The van der Waals surface area contributed by atoms with Crippen LogP contribution < -0.4 is 15.0 Å². The summed E-state index contributed by atoms with van der Waals surface area (Å²) in [6.45, 7) is 6.29. The van der Waals surface area contributed by atoms with Gasteiger partial charge in [0.2, 0.25) is 0 Å². The zero-order valence-corrected chi connectivity index (χ0v) is 20.2. The number of carbonyl (C=O) groups is 2. The number of nitrogens with zero attached hydrogens (tertiary/aromatic N) is 2. The van der Waals surface area contributed by atoms with E-state index < -0.39 is 5.97 Å². The Kier molecular flexibility index (Phi) is 7.34. The van der Waals surface area contributed by atoms with Crippen LogP contribution in [0.1, 0.15) is 48.0 Å². The number of ketones is 1. The van der Waals surface area contributed by atoms with Crippen LogP contribution in [0.5, 0.6) is 5.75 Å². The minimum atomic E-state index is -1.01. The highest BCUT2D eigenvalue weighted by molar-refractivity contribution is 5.99. The van der Waals surface area contributed by atoms with Gasteiger partial charge >= 0.3 is 5.97 Å². The molecule has 182 valence electrons. The molecular weight excluding hydrogens is 442 g/mol. The van der Waals surface area contributed by atoms with Gasteiger partial charge in [0.1, 0.15) is 5.75 Å². The Bertz CT molecular complexity index is 1180. The van der Waals surface area contributed by atoms with Crippen molar-refractivity contribution in [1.82, 2.24) is 5.32 Å². The lowest BCUT2D eigenvalue weighted by atomic mass is 9.92. The molecule has 1 saturated carbocycles. The fourth-order valence-corrected chi connectivity index (χ4v) is 4.31. The molecule has 35 heavy (non-hydrogen) atoms. The fraction of sp³-hybridized carbons (Fsp3) is 0.321. The molecule has 0 radical (unpaired) electrons. The van der Waals surface area contributed by atoms with E-state index in [4.69, 9.17) is 4.74 Å². The molecule has 2 aromatic carbocycles. The largest absolute Gasteiger partial charge is 0.493 e. The molecule has 0 aromatic heterocycles. The van der Waals surface area contributed by atoms with Crippen molar-refractivity contribution in [1.29, 1.82) is 0 Å². The highest BCUT2D eigenvalue weighted by atomic mass is 16.5. The first-order chi connectivity index (χ1) is 16.9. The van der Waals surface area contributed by atoms with Gasteiger partial charge in [-0.15, -0.1) is 0 Å². The van der Waals surface area contributed by atoms with E-state index in [-0.39, 0.29) is 23.2 Å². The number of nitrogens with one attached hydrogen (secondary N) is 1. The molecule has 1 atom stereocenters. The van der Waals surface area contributed by atoms with E-state index in [0.717, 1.165) is 47.5 Å². The Morgan fingerprint density at radius 3 is 2.54 bits per heavy atom. The van der Waals surface area contributed by atoms with Crippen LogP contribution in [-0.4, -0.2) is 43.8 Å². The molecule has 0 spiro atoms. The summed E-state index contributed by atoms with van der Waals surface area (Å²) in [6.07, 6.45) is 5.66. The number of aliphatic carboxylic acids is 1. The zero-order valence-electron chi connectivity index (χ0n) is 20.2. The summed E-state index contributed by atoms with van der Waals surface area (Å²) in [4.78, 5) is 29.5. The maximum absolute atomic E-state index is 12.3. The predicted molar refractivity (Wildman–Crippen MR) is 138 cm³/mol. The van der Waals surface area contributed by atoms with Crippen LogP contribution >= 0.6 is 0 Å². The van der Waals surface area contributed by atoms with Gasteiger partial charge < -0.3 is 20.1 Å². The number of carboxylic acid groups (broad SMARTS) is 1. The van der Waals surface area contributed by atoms with Crippen molar-refractivity contribution in [2.24, 2.45) is 10.9 Å². The summed E-state index contributed by atoms with van der Waals surface area (Å²) < 4.78 is 5.97. The van der Waals surface area contributed by atoms with Crippen molar-refractivity contribution < 1.29 is 19.4 Å². The monoisotopic (exact) mass is 473 g/mol. The van der Waals surface area contributed by atoms with Crippen molar-refractivity contribution in [2.45, 2.75) is 32.1 Å². The summed E-state index contributed by atoms with van der Waals surface area (Å²) in [5.41, 5.74) is 4.59. The minimum Gasteiger partial charge on any atom is -0.493 e. The quantitative estimate of drug-likeness (QED) is 0.217. The molecular formula is C28H31N3O4. The Hall–Kier alpha value is -3.87. The highest BCUT2D eigenvalue weighted by Gasteiger charge is 2.30. The second-order valence-electron chi connectivity index (χ2n) is 9.02. The number of carbonyl (C=O) groups excluding carboxylic acids is 1. The molecule has 1 aliphatic carbocycles. The average Bonchev–Trinajstić information content (AvgIpc) is 3.72. The molecule has 1 heterocycles. The second kappa shape index (κ2) is 10.6. The van der Waals surface area contributed by atoms with Crippen LogP contribution in [-0.2, 0) is 4.79 Å². The Morgan fingerprint density at radius 1 is 1.17 bits per heavy atom. The third-order valence-electron chi connectivity index (χ3n) is 6.63. The number of fused-ring (bicyclic) bond motifs is 1. The molecule has 1 aliphatic heterocycles. The van der Waals surface area contributed by atoms with E-state index in [1.165, 1.54) is 12.3 Å². The number of allylic oxidation sites excluding steroid dienone is 1. The minimum absolute atomic E-state index is 0.159. The standard InChI is InChI=1S/C28H31N3O4/c1-18(24(28(33)34)12-14-29-2)30-17-21-13-15-35-26-16-23(10-11-25(21)26)31(3)22-8-6-20(7-9-22)27(32)19-4-5-19/h6-12,14,16,19,21,30H,2,4-5,13,15,17H2,1,3H3,(H,33,34)/b14-12-,24-18-/t21-/m0/s1. The SMILES string of the molecule is C=N/C=C\C(C(=O)O)=C(/C)NC[C@@H]1CCOc2cc(N(C)c3ccc(C(=O)C4CC4)cc3)ccc21. The number of benzene rings is 2. The zero-order chi connectivity index (χ0) is 24.9. The topological polar surface area (TPSA) is 91.2 Å². The van der Waals surface area contributed by atoms with E-state index in [1.54, 1.807) is 6.92 Å². The van der Waals surface area contributed by atoms with E-state index in [0.29, 0.717) is 18.8 Å². The van der Waals surface area contributed by atoms with Gasteiger partial charge in [-0.1, -0.05) is 6.07 Å². The first kappa shape index (κ1) is 24.3. The van der Waals surface area contributed by atoms with Crippen LogP contribution in [0.15, 0.2) is 71.0 Å². The van der Waals surface area contributed by atoms with Crippen LogP contribution in [0.2, 0.25) is 0 Å². The van der Waals surface area contributed by atoms with E-state index in [2.05, 4.69) is 34.1 Å². The summed E-state index contributed by atoms with van der Waals surface area (Å²) in [7, 11) is 1.99. The van der Waals surface area contributed by atoms with Gasteiger partial charge in [-0.2, -0.15) is 0 Å². The molecule has 0 saturated heterocycles. The maximum atomic E-state index is 12.3. The Labute approximate surface area is 205 Å². The molecule has 0 amide bonds. The van der Waals surface area contributed by atoms with Crippen LogP contribution in [0.4, 0.5) is 11.4 Å². The molecule has 1 fully saturated rings. The Morgan fingerprint density at radius 2 is 1.89 bits per heavy atom. The molecule has 2 aliphatic rings. The third-order valence-corrected chi connectivity index (χ3v) is 6.63.